The van der Waals surface area contributed by atoms with Gasteiger partial charge < -0.3 is 4.79 Å². The molecule has 2 aliphatic carbocycles. The second-order valence-corrected chi connectivity index (χ2v) is 6.70. The van der Waals surface area contributed by atoms with Gasteiger partial charge in [-0.3, -0.25) is 0 Å². The Morgan fingerprint density at radius 1 is 0.941 bits per heavy atom. The zero-order valence-electron chi connectivity index (χ0n) is 11.5. The molecular weight excluding hydrogens is 208 g/mol. The maximum absolute atomic E-state index is 10.8. The van der Waals surface area contributed by atoms with Gasteiger partial charge in [-0.15, -0.1) is 0 Å². The lowest BCUT2D eigenvalue weighted by atomic mass is 9.67. The third-order valence-electron chi connectivity index (χ3n) is 5.47. The minimum Gasteiger partial charge on any atom is -0.303 e. The molecule has 2 unspecified atom stereocenters. The Balaban J connectivity index is 1.82. The van der Waals surface area contributed by atoms with Crippen molar-refractivity contribution >= 4 is 6.29 Å². The second kappa shape index (κ2) is 6.02. The highest BCUT2D eigenvalue weighted by Crippen LogP contribution is 2.41. The quantitative estimate of drug-likeness (QED) is 0.661. The van der Waals surface area contributed by atoms with Gasteiger partial charge in [0, 0.05) is 5.92 Å². The van der Waals surface area contributed by atoms with Gasteiger partial charge in [-0.05, 0) is 55.8 Å². The summed E-state index contributed by atoms with van der Waals surface area (Å²) in [5.41, 5.74) is 0. The average Bonchev–Trinajstić information content (AvgIpc) is 2.35. The molecule has 2 saturated carbocycles. The molecule has 98 valence electrons. The normalized spacial score (nSPS) is 43.3. The fourth-order valence-corrected chi connectivity index (χ4v) is 4.16. The van der Waals surface area contributed by atoms with Crippen LogP contribution in [0.15, 0.2) is 0 Å². The number of hydrogen-bond donors (Lipinski definition) is 0. The fourth-order valence-electron chi connectivity index (χ4n) is 4.16. The highest BCUT2D eigenvalue weighted by atomic mass is 16.1. The molecule has 2 aliphatic rings. The zero-order valence-corrected chi connectivity index (χ0v) is 11.5. The Morgan fingerprint density at radius 3 is 2.06 bits per heavy atom. The smallest absolute Gasteiger partial charge is 0.123 e. The molecule has 1 heteroatoms. The van der Waals surface area contributed by atoms with Crippen molar-refractivity contribution in [2.45, 2.75) is 65.2 Å². The van der Waals surface area contributed by atoms with Crippen LogP contribution in [0, 0.1) is 29.6 Å². The van der Waals surface area contributed by atoms with Crippen LogP contribution >= 0.6 is 0 Å². The SMILES string of the molecule is CC1CCCC(C)C1CC1CCC(C=O)CC1. The molecule has 0 bridgehead atoms. The lowest BCUT2D eigenvalue weighted by Crippen LogP contribution is -2.28. The Morgan fingerprint density at radius 2 is 1.53 bits per heavy atom. The molecule has 0 aliphatic heterocycles. The van der Waals surface area contributed by atoms with Gasteiger partial charge in [-0.2, -0.15) is 0 Å². The standard InChI is InChI=1S/C16H28O/c1-12-4-3-5-13(2)16(12)10-14-6-8-15(11-17)9-7-14/h11-16H,3-10H2,1-2H3. The van der Waals surface area contributed by atoms with E-state index in [1.54, 1.807) is 0 Å². The van der Waals surface area contributed by atoms with E-state index in [1.165, 1.54) is 44.8 Å². The van der Waals surface area contributed by atoms with Crippen molar-refractivity contribution in [3.05, 3.63) is 0 Å². The van der Waals surface area contributed by atoms with Crippen molar-refractivity contribution < 1.29 is 4.79 Å². The number of aldehydes is 1. The van der Waals surface area contributed by atoms with E-state index in [0.29, 0.717) is 5.92 Å². The predicted octanol–water partition coefficient (Wildman–Crippen LogP) is 4.45. The summed E-state index contributed by atoms with van der Waals surface area (Å²) in [7, 11) is 0. The first-order valence-corrected chi connectivity index (χ1v) is 7.66. The molecule has 1 nitrogen and oxygen atoms in total. The van der Waals surface area contributed by atoms with E-state index < -0.39 is 0 Å². The van der Waals surface area contributed by atoms with E-state index in [2.05, 4.69) is 13.8 Å². The molecule has 2 fully saturated rings. The maximum atomic E-state index is 10.8. The van der Waals surface area contributed by atoms with Crippen molar-refractivity contribution in [1.29, 1.82) is 0 Å². The van der Waals surface area contributed by atoms with E-state index in [0.717, 1.165) is 36.5 Å². The summed E-state index contributed by atoms with van der Waals surface area (Å²) in [4.78, 5) is 10.8. The number of carbonyl (C=O) groups is 1. The largest absolute Gasteiger partial charge is 0.303 e. The Kier molecular flexibility index (Phi) is 4.64. The first-order chi connectivity index (χ1) is 8.20. The van der Waals surface area contributed by atoms with Gasteiger partial charge in [0.25, 0.3) is 0 Å². The predicted molar refractivity (Wildman–Crippen MR) is 71.8 cm³/mol. The molecule has 0 aromatic heterocycles. The lowest BCUT2D eigenvalue weighted by Gasteiger charge is -2.38. The summed E-state index contributed by atoms with van der Waals surface area (Å²) >= 11 is 0. The van der Waals surface area contributed by atoms with Gasteiger partial charge in [-0.25, -0.2) is 0 Å². The van der Waals surface area contributed by atoms with Crippen molar-refractivity contribution in [2.24, 2.45) is 29.6 Å². The van der Waals surface area contributed by atoms with Crippen LogP contribution in [0.4, 0.5) is 0 Å². The molecule has 0 radical (unpaired) electrons. The summed E-state index contributed by atoms with van der Waals surface area (Å²) < 4.78 is 0. The van der Waals surface area contributed by atoms with Crippen molar-refractivity contribution in [3.8, 4) is 0 Å². The van der Waals surface area contributed by atoms with Crippen molar-refractivity contribution in [2.75, 3.05) is 0 Å². The van der Waals surface area contributed by atoms with E-state index in [-0.39, 0.29) is 0 Å². The second-order valence-electron chi connectivity index (χ2n) is 6.70. The molecule has 17 heavy (non-hydrogen) atoms. The number of rotatable bonds is 3. The topological polar surface area (TPSA) is 17.1 Å². The summed E-state index contributed by atoms with van der Waals surface area (Å²) in [5.74, 6) is 4.12. The first kappa shape index (κ1) is 13.1. The molecule has 2 atom stereocenters. The van der Waals surface area contributed by atoms with Gasteiger partial charge in [-0.1, -0.05) is 33.1 Å². The van der Waals surface area contributed by atoms with E-state index in [9.17, 15) is 4.79 Å². The molecule has 0 saturated heterocycles. The molecule has 0 N–H and O–H groups in total. The Labute approximate surface area is 106 Å². The lowest BCUT2D eigenvalue weighted by molar-refractivity contribution is -0.112. The molecular formula is C16H28O. The van der Waals surface area contributed by atoms with Gasteiger partial charge in [0.15, 0.2) is 0 Å². The number of hydrogen-bond acceptors (Lipinski definition) is 1. The molecule has 2 rings (SSSR count). The van der Waals surface area contributed by atoms with Gasteiger partial charge >= 0.3 is 0 Å². The molecule has 0 aromatic carbocycles. The highest BCUT2D eigenvalue weighted by molar-refractivity contribution is 5.53. The fraction of sp³-hybridized carbons (Fsp3) is 0.938. The molecule has 0 spiro atoms. The number of carbonyl (C=O) groups excluding carboxylic acids is 1. The average molecular weight is 236 g/mol. The van der Waals surface area contributed by atoms with Gasteiger partial charge in [0.05, 0.1) is 0 Å². The molecule has 0 amide bonds. The van der Waals surface area contributed by atoms with Crippen LogP contribution in [0.1, 0.15) is 65.2 Å². The van der Waals surface area contributed by atoms with Crippen LogP contribution < -0.4 is 0 Å². The molecule has 0 heterocycles. The summed E-state index contributed by atoms with van der Waals surface area (Å²) in [6, 6.07) is 0. The van der Waals surface area contributed by atoms with Crippen LogP contribution in [-0.4, -0.2) is 6.29 Å². The minimum atomic E-state index is 0.382. The van der Waals surface area contributed by atoms with E-state index in [4.69, 9.17) is 0 Å². The van der Waals surface area contributed by atoms with Crippen molar-refractivity contribution in [1.82, 2.24) is 0 Å². The maximum Gasteiger partial charge on any atom is 0.123 e. The summed E-state index contributed by atoms with van der Waals surface area (Å²) in [6.45, 7) is 4.91. The van der Waals surface area contributed by atoms with E-state index >= 15 is 0 Å². The van der Waals surface area contributed by atoms with Gasteiger partial charge in [0.1, 0.15) is 6.29 Å². The van der Waals surface area contributed by atoms with Crippen LogP contribution in [0.2, 0.25) is 0 Å². The van der Waals surface area contributed by atoms with Crippen LogP contribution in [0.3, 0.4) is 0 Å². The zero-order chi connectivity index (χ0) is 12.3. The van der Waals surface area contributed by atoms with Crippen LogP contribution in [0.5, 0.6) is 0 Å². The summed E-state index contributed by atoms with van der Waals surface area (Å²) in [5, 5.41) is 0. The molecule has 0 aromatic rings. The summed E-state index contributed by atoms with van der Waals surface area (Å²) in [6.07, 6.45) is 11.9. The first-order valence-electron chi connectivity index (χ1n) is 7.66. The third-order valence-corrected chi connectivity index (χ3v) is 5.47. The highest BCUT2D eigenvalue weighted by Gasteiger charge is 2.31. The third kappa shape index (κ3) is 3.33. The minimum absolute atomic E-state index is 0.382. The van der Waals surface area contributed by atoms with Crippen LogP contribution in [-0.2, 0) is 4.79 Å². The van der Waals surface area contributed by atoms with E-state index in [1.807, 2.05) is 0 Å². The van der Waals surface area contributed by atoms with Crippen molar-refractivity contribution in [3.63, 3.8) is 0 Å². The Hall–Kier alpha value is -0.330. The van der Waals surface area contributed by atoms with Gasteiger partial charge in [0.2, 0.25) is 0 Å². The monoisotopic (exact) mass is 236 g/mol. The Bertz CT molecular complexity index is 230. The van der Waals surface area contributed by atoms with Crippen LogP contribution in [0.25, 0.3) is 0 Å².